The van der Waals surface area contributed by atoms with Crippen LogP contribution in [0.25, 0.3) is 33.5 Å². The fourth-order valence-electron chi connectivity index (χ4n) is 3.20. The van der Waals surface area contributed by atoms with Crippen molar-refractivity contribution in [3.05, 3.63) is 48.8 Å². The van der Waals surface area contributed by atoms with Crippen molar-refractivity contribution >= 4 is 34.3 Å². The van der Waals surface area contributed by atoms with Crippen LogP contribution in [-0.2, 0) is 17.7 Å². The number of aromatic amines is 1. The van der Waals surface area contributed by atoms with E-state index >= 15 is 0 Å². The number of nitrogens with zero attached hydrogens (tertiary/aromatic N) is 4. The zero-order valence-electron chi connectivity index (χ0n) is 17.4. The summed E-state index contributed by atoms with van der Waals surface area (Å²) in [4.78, 5) is 3.90. The van der Waals surface area contributed by atoms with Gasteiger partial charge in [0.2, 0.25) is 0 Å². The highest BCUT2D eigenvalue weighted by molar-refractivity contribution is 8.66. The van der Waals surface area contributed by atoms with Crippen molar-refractivity contribution in [2.75, 3.05) is 11.6 Å². The van der Waals surface area contributed by atoms with Crippen molar-refractivity contribution in [3.63, 3.8) is 0 Å². The molecule has 2 N–H and O–H groups in total. The second-order valence-electron chi connectivity index (χ2n) is 7.47. The van der Waals surface area contributed by atoms with Crippen molar-refractivity contribution in [2.24, 2.45) is 0 Å². The highest BCUT2D eigenvalue weighted by Gasteiger charge is 2.26. The number of rotatable bonds is 6. The van der Waals surface area contributed by atoms with Crippen LogP contribution in [0.1, 0.15) is 13.8 Å². The molecule has 4 rings (SSSR count). The van der Waals surface area contributed by atoms with Gasteiger partial charge >= 0.3 is 0 Å². The summed E-state index contributed by atoms with van der Waals surface area (Å²) in [6.07, 6.45) is 2.07. The van der Waals surface area contributed by atoms with E-state index < -0.39 is 17.7 Å². The molecule has 0 radical (unpaired) electrons. The van der Waals surface area contributed by atoms with Gasteiger partial charge in [0.1, 0.15) is 6.33 Å². The topological polar surface area (TPSA) is 148 Å². The fraction of sp³-hybridized carbons (Fsp3) is 0.200. The van der Waals surface area contributed by atoms with Crippen LogP contribution in [0.15, 0.2) is 53.7 Å². The molecule has 32 heavy (non-hydrogen) atoms. The molecule has 2 heterocycles. The van der Waals surface area contributed by atoms with E-state index in [2.05, 4.69) is 30.7 Å². The van der Waals surface area contributed by atoms with Gasteiger partial charge < -0.3 is 5.32 Å². The molecular weight excluding hydrogens is 452 g/mol. The van der Waals surface area contributed by atoms with E-state index in [-0.39, 0.29) is 10.9 Å². The Morgan fingerprint density at radius 1 is 0.938 bits per heavy atom. The number of benzene rings is 2. The van der Waals surface area contributed by atoms with Crippen LogP contribution in [0.5, 0.6) is 0 Å². The van der Waals surface area contributed by atoms with Crippen molar-refractivity contribution in [2.45, 2.75) is 24.8 Å². The lowest BCUT2D eigenvalue weighted by atomic mass is 10.0. The Kier molecular flexibility index (Phi) is 5.42. The number of hydrogen-bond donors (Lipinski definition) is 2. The first kappa shape index (κ1) is 21.8. The van der Waals surface area contributed by atoms with Gasteiger partial charge in [-0.3, -0.25) is 5.10 Å². The van der Waals surface area contributed by atoms with Crippen molar-refractivity contribution in [1.82, 2.24) is 25.4 Å². The second-order valence-corrected chi connectivity index (χ2v) is 13.4. The molecule has 4 aromatic rings. The fourth-order valence-corrected chi connectivity index (χ4v) is 5.40. The zero-order chi connectivity index (χ0) is 23.1. The van der Waals surface area contributed by atoms with Gasteiger partial charge in [0, 0.05) is 11.4 Å². The number of H-pyrrole nitrogens is 1. The molecule has 0 saturated heterocycles. The smallest absolute Gasteiger partial charge is 0.281 e. The molecule has 0 aliphatic rings. The quantitative estimate of drug-likeness (QED) is 0.404. The predicted molar refractivity (Wildman–Crippen MR) is 121 cm³/mol. The van der Waals surface area contributed by atoms with Gasteiger partial charge in [-0.2, -0.15) is 5.10 Å². The maximum absolute atomic E-state index is 12.1. The predicted octanol–water partition coefficient (Wildman–Crippen LogP) is 2.64. The van der Waals surface area contributed by atoms with Gasteiger partial charge in [0.15, 0.2) is 11.5 Å². The molecule has 0 saturated carbocycles. The van der Waals surface area contributed by atoms with E-state index in [0.29, 0.717) is 28.9 Å². The Hall–Kier alpha value is -3.38. The number of nitrogens with one attached hydrogen (secondary N) is 2. The number of fused-ring (bicyclic) bond motifs is 1. The van der Waals surface area contributed by atoms with E-state index in [1.807, 2.05) is 32.0 Å². The molecule has 0 bridgehead atoms. The Balaban J connectivity index is 1.79. The first-order chi connectivity index (χ1) is 15.1. The van der Waals surface area contributed by atoms with Crippen molar-refractivity contribution < 1.29 is 16.8 Å². The van der Waals surface area contributed by atoms with E-state index in [9.17, 15) is 16.8 Å². The highest BCUT2D eigenvalue weighted by Crippen LogP contribution is 2.33. The van der Waals surface area contributed by atoms with Crippen LogP contribution in [0.2, 0.25) is 0 Å². The van der Waals surface area contributed by atoms with Crippen molar-refractivity contribution in [1.29, 1.82) is 0 Å². The third-order valence-corrected chi connectivity index (χ3v) is 9.32. The van der Waals surface area contributed by atoms with Crippen LogP contribution in [0.3, 0.4) is 0 Å². The molecule has 0 spiro atoms. The van der Waals surface area contributed by atoms with Crippen LogP contribution < -0.4 is 5.32 Å². The zero-order valence-corrected chi connectivity index (χ0v) is 19.1. The number of anilines is 1. The standard InChI is InChI=1S/C20H20N6O4S2/c1-12(2)23-18-16-9-6-14(10-17(16)24-25-19(18)20-21-11-22-26-20)13-4-7-15(8-5-13)32(29,30)31(3,27)28/h4-12H,1-3H3,(H,23,24)(H,21,22,26). The third kappa shape index (κ3) is 3.94. The lowest BCUT2D eigenvalue weighted by Crippen LogP contribution is -2.13. The maximum Gasteiger partial charge on any atom is 0.281 e. The highest BCUT2D eigenvalue weighted by atomic mass is 33.2. The molecule has 0 aliphatic carbocycles. The maximum atomic E-state index is 12.1. The summed E-state index contributed by atoms with van der Waals surface area (Å²) in [5.41, 5.74) is 3.42. The van der Waals surface area contributed by atoms with Gasteiger partial charge in [0.05, 0.1) is 22.4 Å². The number of hydrogen-bond acceptors (Lipinski definition) is 9. The Morgan fingerprint density at radius 3 is 2.22 bits per heavy atom. The second kappa shape index (κ2) is 7.95. The van der Waals surface area contributed by atoms with Gasteiger partial charge in [-0.15, -0.1) is 10.2 Å². The van der Waals surface area contributed by atoms with Crippen molar-refractivity contribution in [3.8, 4) is 22.6 Å². The number of aromatic nitrogens is 5. The minimum atomic E-state index is -4.43. The first-order valence-corrected chi connectivity index (χ1v) is 13.5. The lowest BCUT2D eigenvalue weighted by molar-refractivity contribution is 0.585. The molecule has 12 heteroatoms. The Bertz CT molecular complexity index is 1500. The van der Waals surface area contributed by atoms with Gasteiger partial charge in [-0.25, -0.2) is 21.8 Å². The van der Waals surface area contributed by atoms with Gasteiger partial charge in [-0.05, 0) is 49.2 Å². The first-order valence-electron chi connectivity index (χ1n) is 9.56. The Labute approximate surface area is 184 Å². The molecule has 0 fully saturated rings. The molecule has 0 amide bonds. The molecule has 0 atom stereocenters. The van der Waals surface area contributed by atoms with Crippen LogP contribution in [0.4, 0.5) is 5.69 Å². The van der Waals surface area contributed by atoms with E-state index in [1.165, 1.54) is 18.5 Å². The molecule has 10 nitrogen and oxygen atoms in total. The monoisotopic (exact) mass is 472 g/mol. The third-order valence-electron chi connectivity index (χ3n) is 4.71. The largest absolute Gasteiger partial charge is 0.380 e. The minimum Gasteiger partial charge on any atom is -0.380 e. The van der Waals surface area contributed by atoms with Gasteiger partial charge in [0.25, 0.3) is 17.7 Å². The molecule has 2 aromatic carbocycles. The summed E-state index contributed by atoms with van der Waals surface area (Å²) in [6, 6.07) is 11.4. The minimum absolute atomic E-state index is 0.132. The average molecular weight is 473 g/mol. The average Bonchev–Trinajstić information content (AvgIpc) is 3.27. The molecule has 0 aliphatic heterocycles. The molecule has 0 unspecified atom stereocenters. The lowest BCUT2D eigenvalue weighted by Gasteiger charge is -2.15. The summed E-state index contributed by atoms with van der Waals surface area (Å²) in [5, 5.41) is 19.5. The molecular formula is C20H20N6O4S2. The summed E-state index contributed by atoms with van der Waals surface area (Å²) in [6.45, 7) is 4.02. The summed E-state index contributed by atoms with van der Waals surface area (Å²) in [5.74, 6) is 0.495. The summed E-state index contributed by atoms with van der Waals surface area (Å²) >= 11 is 0. The SMILES string of the molecule is CC(C)Nc1c(-c2ncn[nH]2)nnc2cc(-c3ccc(S(=O)(=O)S(C)(=O)=O)cc3)ccc12. The summed E-state index contributed by atoms with van der Waals surface area (Å²) < 4.78 is 47.3. The van der Waals surface area contributed by atoms with Crippen LogP contribution >= 0.6 is 0 Å². The van der Waals surface area contributed by atoms with E-state index in [1.54, 1.807) is 12.1 Å². The van der Waals surface area contributed by atoms with Crippen LogP contribution in [-0.4, -0.2) is 54.5 Å². The summed E-state index contributed by atoms with van der Waals surface area (Å²) in [7, 11) is -8.69. The molecule has 166 valence electrons. The van der Waals surface area contributed by atoms with Gasteiger partial charge in [-0.1, -0.05) is 18.2 Å². The van der Waals surface area contributed by atoms with E-state index in [0.717, 1.165) is 16.6 Å². The Morgan fingerprint density at radius 2 is 1.62 bits per heavy atom. The molecule has 2 aromatic heterocycles. The normalized spacial score (nSPS) is 12.4. The van der Waals surface area contributed by atoms with Crippen LogP contribution in [0, 0.1) is 0 Å². The van der Waals surface area contributed by atoms with E-state index in [4.69, 9.17) is 0 Å².